The van der Waals surface area contributed by atoms with Crippen LogP contribution in [0.15, 0.2) is 54.6 Å². The van der Waals surface area contributed by atoms with Gasteiger partial charge in [0.2, 0.25) is 0 Å². The van der Waals surface area contributed by atoms with Crippen molar-refractivity contribution in [1.82, 2.24) is 0 Å². The first-order valence-electron chi connectivity index (χ1n) is 8.28. The number of nitrogens with zero attached hydrogens (tertiary/aromatic N) is 1. The van der Waals surface area contributed by atoms with Gasteiger partial charge in [-0.3, -0.25) is 4.79 Å². The molecule has 2 saturated heterocycles. The summed E-state index contributed by atoms with van der Waals surface area (Å²) in [6.45, 7) is 0. The first-order chi connectivity index (χ1) is 11.3. The number of rotatable bonds is 3. The summed E-state index contributed by atoms with van der Waals surface area (Å²) < 4.78 is 5.27. The third-order valence-corrected chi connectivity index (χ3v) is 5.25. The molecule has 2 bridgehead atoms. The van der Waals surface area contributed by atoms with Crippen molar-refractivity contribution in [2.45, 2.75) is 31.3 Å². The Labute approximate surface area is 136 Å². The minimum absolute atomic E-state index is 0.115. The van der Waals surface area contributed by atoms with Crippen molar-refractivity contribution in [2.24, 2.45) is 5.92 Å². The lowest BCUT2D eigenvalue weighted by atomic mass is 9.71. The van der Waals surface area contributed by atoms with Gasteiger partial charge in [-0.05, 0) is 42.7 Å². The Balaban J connectivity index is 1.76. The van der Waals surface area contributed by atoms with Gasteiger partial charge in [-0.1, -0.05) is 30.3 Å². The van der Waals surface area contributed by atoms with E-state index in [1.807, 2.05) is 18.2 Å². The molecule has 1 saturated carbocycles. The minimum Gasteiger partial charge on any atom is -0.497 e. The lowest BCUT2D eigenvalue weighted by molar-refractivity contribution is -0.128. The molecule has 3 fully saturated rings. The standard InChI is InChI=1S/C20H21NO2/c1-23-17-10-7-15(8-11-17)21-16-9-12-18(19(22)13-16)20(21)14-5-3-2-4-6-14/h2-8,10-11,16,18,20H,9,12-13H2,1H3/t16-,18+,20-/m1/s1. The molecular weight excluding hydrogens is 286 g/mol. The van der Waals surface area contributed by atoms with Gasteiger partial charge < -0.3 is 9.64 Å². The average molecular weight is 307 g/mol. The Morgan fingerprint density at radius 2 is 1.74 bits per heavy atom. The molecule has 23 heavy (non-hydrogen) atoms. The number of ketones is 1. The second kappa shape index (κ2) is 5.73. The molecule has 3 heteroatoms. The molecule has 3 atom stereocenters. The van der Waals surface area contributed by atoms with Gasteiger partial charge in [0.05, 0.1) is 13.2 Å². The zero-order chi connectivity index (χ0) is 15.8. The number of fused-ring (bicyclic) bond motifs is 3. The van der Waals surface area contributed by atoms with Crippen LogP contribution in [-0.2, 0) is 4.79 Å². The molecule has 0 aromatic heterocycles. The lowest BCUT2D eigenvalue weighted by Crippen LogP contribution is -2.54. The summed E-state index contributed by atoms with van der Waals surface area (Å²) in [7, 11) is 1.68. The summed E-state index contributed by atoms with van der Waals surface area (Å²) in [5.74, 6) is 1.41. The van der Waals surface area contributed by atoms with Crippen molar-refractivity contribution in [3.8, 4) is 5.75 Å². The van der Waals surface area contributed by atoms with Crippen LogP contribution in [0.1, 0.15) is 30.9 Å². The monoisotopic (exact) mass is 307 g/mol. The fraction of sp³-hybridized carbons (Fsp3) is 0.350. The Hall–Kier alpha value is -2.29. The number of carbonyl (C=O) groups is 1. The SMILES string of the molecule is COc1ccc(N2[C@@H]3CC[C@@H](C(=O)C3)[C@H]2c2ccccc2)cc1. The van der Waals surface area contributed by atoms with Crippen molar-refractivity contribution in [2.75, 3.05) is 12.0 Å². The Bertz CT molecular complexity index is 695. The van der Waals surface area contributed by atoms with E-state index in [0.717, 1.165) is 18.6 Å². The number of ether oxygens (including phenoxy) is 1. The van der Waals surface area contributed by atoms with E-state index < -0.39 is 0 Å². The highest BCUT2D eigenvalue weighted by Gasteiger charge is 2.47. The molecule has 118 valence electrons. The molecule has 2 aromatic rings. The van der Waals surface area contributed by atoms with Crippen LogP contribution in [-0.4, -0.2) is 18.9 Å². The van der Waals surface area contributed by atoms with E-state index in [0.29, 0.717) is 18.2 Å². The van der Waals surface area contributed by atoms with Crippen LogP contribution in [0.2, 0.25) is 0 Å². The van der Waals surface area contributed by atoms with Crippen molar-refractivity contribution < 1.29 is 9.53 Å². The minimum atomic E-state index is 0.115. The van der Waals surface area contributed by atoms with Crippen LogP contribution in [0.4, 0.5) is 5.69 Å². The average Bonchev–Trinajstić information content (AvgIpc) is 2.62. The highest BCUT2D eigenvalue weighted by atomic mass is 16.5. The predicted molar refractivity (Wildman–Crippen MR) is 90.8 cm³/mol. The highest BCUT2D eigenvalue weighted by Crippen LogP contribution is 2.47. The van der Waals surface area contributed by atoms with Crippen LogP contribution >= 0.6 is 0 Å². The summed E-state index contributed by atoms with van der Waals surface area (Å²) >= 11 is 0. The van der Waals surface area contributed by atoms with Gasteiger partial charge in [-0.15, -0.1) is 0 Å². The molecule has 5 rings (SSSR count). The smallest absolute Gasteiger partial charge is 0.140 e. The van der Waals surface area contributed by atoms with Crippen LogP contribution < -0.4 is 9.64 Å². The van der Waals surface area contributed by atoms with E-state index in [2.05, 4.69) is 41.3 Å². The van der Waals surface area contributed by atoms with Gasteiger partial charge in [0.15, 0.2) is 0 Å². The van der Waals surface area contributed by atoms with E-state index in [1.165, 1.54) is 11.3 Å². The summed E-state index contributed by atoms with van der Waals surface area (Å²) in [5.41, 5.74) is 2.42. The Morgan fingerprint density at radius 3 is 2.39 bits per heavy atom. The zero-order valence-corrected chi connectivity index (χ0v) is 13.3. The van der Waals surface area contributed by atoms with E-state index in [-0.39, 0.29) is 12.0 Å². The molecular formula is C20H21NO2. The van der Waals surface area contributed by atoms with Crippen molar-refractivity contribution in [3.63, 3.8) is 0 Å². The maximum atomic E-state index is 12.5. The summed E-state index contributed by atoms with van der Waals surface area (Å²) in [6, 6.07) is 19.1. The largest absolute Gasteiger partial charge is 0.497 e. The fourth-order valence-corrected chi connectivity index (χ4v) is 4.18. The number of carbonyl (C=O) groups excluding carboxylic acids is 1. The van der Waals surface area contributed by atoms with Crippen LogP contribution in [0, 0.1) is 5.92 Å². The molecule has 0 spiro atoms. The van der Waals surface area contributed by atoms with E-state index in [4.69, 9.17) is 4.74 Å². The molecule has 0 N–H and O–H groups in total. The third kappa shape index (κ3) is 2.40. The molecule has 2 heterocycles. The molecule has 0 unspecified atom stereocenters. The number of methoxy groups -OCH3 is 1. The maximum absolute atomic E-state index is 12.5. The molecule has 1 aliphatic carbocycles. The number of hydrogen-bond acceptors (Lipinski definition) is 3. The number of Topliss-reactive ketones (excluding diaryl/α,β-unsaturated/α-hetero) is 1. The zero-order valence-electron chi connectivity index (χ0n) is 13.3. The first-order valence-corrected chi connectivity index (χ1v) is 8.28. The summed E-state index contributed by atoms with van der Waals surface area (Å²) in [5, 5.41) is 0. The van der Waals surface area contributed by atoms with Gasteiger partial charge in [0, 0.05) is 24.1 Å². The Kier molecular flexibility index (Phi) is 3.56. The van der Waals surface area contributed by atoms with Gasteiger partial charge in [-0.25, -0.2) is 0 Å². The van der Waals surface area contributed by atoms with Gasteiger partial charge >= 0.3 is 0 Å². The highest BCUT2D eigenvalue weighted by molar-refractivity contribution is 5.86. The van der Waals surface area contributed by atoms with Crippen LogP contribution in [0.5, 0.6) is 5.75 Å². The first kappa shape index (κ1) is 14.3. The summed E-state index contributed by atoms with van der Waals surface area (Å²) in [6.07, 6.45) is 2.79. The second-order valence-corrected chi connectivity index (χ2v) is 6.47. The third-order valence-electron chi connectivity index (χ3n) is 5.25. The number of hydrogen-bond donors (Lipinski definition) is 0. The lowest BCUT2D eigenvalue weighted by Gasteiger charge is -2.52. The fourth-order valence-electron chi connectivity index (χ4n) is 4.18. The molecule has 2 aliphatic heterocycles. The molecule has 0 radical (unpaired) electrons. The topological polar surface area (TPSA) is 29.5 Å². The number of benzene rings is 2. The van der Waals surface area contributed by atoms with E-state index >= 15 is 0 Å². The van der Waals surface area contributed by atoms with Gasteiger partial charge in [0.25, 0.3) is 0 Å². The van der Waals surface area contributed by atoms with Crippen molar-refractivity contribution >= 4 is 11.5 Å². The molecule has 0 amide bonds. The maximum Gasteiger partial charge on any atom is 0.140 e. The normalized spacial score (nSPS) is 26.4. The molecule has 3 nitrogen and oxygen atoms in total. The second-order valence-electron chi connectivity index (χ2n) is 6.47. The molecule has 3 aliphatic rings. The van der Waals surface area contributed by atoms with Crippen LogP contribution in [0.25, 0.3) is 0 Å². The van der Waals surface area contributed by atoms with Gasteiger partial charge in [0.1, 0.15) is 11.5 Å². The van der Waals surface area contributed by atoms with Crippen molar-refractivity contribution in [3.05, 3.63) is 60.2 Å². The van der Waals surface area contributed by atoms with E-state index in [9.17, 15) is 4.79 Å². The predicted octanol–water partition coefficient (Wildman–Crippen LogP) is 3.99. The molecule has 2 aromatic carbocycles. The number of piperidine rings is 2. The number of anilines is 1. The quantitative estimate of drug-likeness (QED) is 0.858. The van der Waals surface area contributed by atoms with E-state index in [1.54, 1.807) is 7.11 Å². The van der Waals surface area contributed by atoms with Gasteiger partial charge in [-0.2, -0.15) is 0 Å². The van der Waals surface area contributed by atoms with Crippen LogP contribution in [0.3, 0.4) is 0 Å². The Morgan fingerprint density at radius 1 is 1.00 bits per heavy atom. The van der Waals surface area contributed by atoms with Crippen molar-refractivity contribution in [1.29, 1.82) is 0 Å². The summed E-state index contributed by atoms with van der Waals surface area (Å²) in [4.78, 5) is 14.9.